The van der Waals surface area contributed by atoms with Crippen LogP contribution < -0.4 is 0 Å². The van der Waals surface area contributed by atoms with Crippen molar-refractivity contribution in [3.05, 3.63) is 72.9 Å². The first-order valence-corrected chi connectivity index (χ1v) is 20.7. The van der Waals surface area contributed by atoms with Crippen LogP contribution >= 0.6 is 7.82 Å². The van der Waals surface area contributed by atoms with Crippen molar-refractivity contribution in [2.24, 2.45) is 0 Å². The topological polar surface area (TPSA) is 136 Å². The van der Waals surface area contributed by atoms with Crippen LogP contribution in [0.2, 0.25) is 0 Å². The van der Waals surface area contributed by atoms with Crippen LogP contribution in [0.5, 0.6) is 0 Å². The van der Waals surface area contributed by atoms with Gasteiger partial charge in [-0.05, 0) is 76.7 Å². The Morgan fingerprint density at radius 1 is 0.569 bits per heavy atom. The van der Waals surface area contributed by atoms with Crippen molar-refractivity contribution in [2.45, 2.75) is 155 Å². The van der Waals surface area contributed by atoms with E-state index in [1.165, 1.54) is 38.5 Å². The van der Waals surface area contributed by atoms with Crippen LogP contribution in [-0.2, 0) is 32.9 Å². The molecule has 0 aliphatic rings. The normalized spacial score (nSPS) is 13.2. The van der Waals surface area contributed by atoms with Gasteiger partial charge in [-0.25, -0.2) is 4.57 Å². The van der Waals surface area contributed by atoms with Gasteiger partial charge in [0.15, 0.2) is 11.9 Å². The number of ether oxygens (including phenoxy) is 2. The van der Waals surface area contributed by atoms with Gasteiger partial charge in [-0.2, -0.15) is 0 Å². The zero-order chi connectivity index (χ0) is 37.7. The quantitative estimate of drug-likeness (QED) is 0.0165. The van der Waals surface area contributed by atoms with E-state index in [4.69, 9.17) is 19.3 Å². The minimum atomic E-state index is -4.80. The molecule has 0 aliphatic carbocycles. The van der Waals surface area contributed by atoms with E-state index >= 15 is 0 Å². The molecule has 0 rings (SSSR count). The highest BCUT2D eigenvalue weighted by atomic mass is 31.2. The first-order chi connectivity index (χ1) is 24.7. The van der Waals surface area contributed by atoms with Crippen molar-refractivity contribution in [1.29, 1.82) is 0 Å². The zero-order valence-corrected chi connectivity index (χ0v) is 32.4. The van der Waals surface area contributed by atoms with Crippen LogP contribution in [0.15, 0.2) is 72.9 Å². The summed E-state index contributed by atoms with van der Waals surface area (Å²) in [4.78, 5) is 54.7. The molecule has 51 heavy (non-hydrogen) atoms. The van der Waals surface area contributed by atoms with E-state index in [0.29, 0.717) is 25.7 Å². The maximum atomic E-state index is 12.4. The van der Waals surface area contributed by atoms with E-state index in [1.54, 1.807) is 12.2 Å². The Hall–Kier alpha value is -2.84. The molecule has 0 spiro atoms. The third-order valence-electron chi connectivity index (χ3n) is 7.67. The average molecular weight is 735 g/mol. The number of carbonyl (C=O) groups excluding carboxylic acids is 3. The number of hydrogen-bond donors (Lipinski definition) is 2. The molecule has 2 N–H and O–H groups in total. The fraction of sp³-hybridized carbons (Fsp3) is 0.634. The maximum absolute atomic E-state index is 12.4. The molecule has 0 aromatic carbocycles. The number of carbonyl (C=O) groups is 3. The highest BCUT2D eigenvalue weighted by Crippen LogP contribution is 2.36. The van der Waals surface area contributed by atoms with Gasteiger partial charge in [-0.1, -0.05) is 126 Å². The molecule has 1 atom stereocenters. The minimum absolute atomic E-state index is 0.104. The number of phosphoric acid groups is 1. The number of hydrogen-bond acceptors (Lipinski definition) is 7. The standard InChI is InChI=1S/C41H67O9P/c1-3-5-7-9-11-12-13-14-15-16-17-18-19-20-22-26-30-34-40(43)48-36-39(37-49-51(45,46)47)50-41(44)35-31-27-23-25-29-33-38(42)32-28-24-21-10-8-6-4-2/h11-12,14-15,17-18,20-22,24,28,32,39H,3-10,13,16,19,23,25-27,29-31,33-37H2,1-2H3,(H2,45,46,47)/b12-11-,15-14-,18-17-,22-20-,24-21-,32-28+/t39-/m1/s1. The lowest BCUT2D eigenvalue weighted by Crippen LogP contribution is -2.29. The van der Waals surface area contributed by atoms with Gasteiger partial charge >= 0.3 is 19.8 Å². The van der Waals surface area contributed by atoms with Crippen LogP contribution in [0, 0.1) is 0 Å². The molecule has 0 aromatic rings. The number of phosphoric ester groups is 1. The molecule has 0 amide bonds. The first kappa shape index (κ1) is 48.2. The third-order valence-corrected chi connectivity index (χ3v) is 8.16. The summed E-state index contributed by atoms with van der Waals surface area (Å²) in [5.41, 5.74) is 0. The smallest absolute Gasteiger partial charge is 0.462 e. The molecule has 290 valence electrons. The summed E-state index contributed by atoms with van der Waals surface area (Å²) < 4.78 is 26.2. The Labute approximate surface area is 308 Å². The third kappa shape index (κ3) is 38.2. The van der Waals surface area contributed by atoms with Gasteiger partial charge in [-0.15, -0.1) is 0 Å². The molecular weight excluding hydrogens is 667 g/mol. The van der Waals surface area contributed by atoms with Crippen molar-refractivity contribution < 1.29 is 42.7 Å². The first-order valence-electron chi connectivity index (χ1n) is 19.2. The van der Waals surface area contributed by atoms with Gasteiger partial charge in [0, 0.05) is 19.3 Å². The van der Waals surface area contributed by atoms with E-state index < -0.39 is 32.5 Å². The largest absolute Gasteiger partial charge is 0.469 e. The van der Waals surface area contributed by atoms with Crippen molar-refractivity contribution in [3.63, 3.8) is 0 Å². The van der Waals surface area contributed by atoms with Crippen LogP contribution in [0.3, 0.4) is 0 Å². The lowest BCUT2D eigenvalue weighted by Gasteiger charge is -2.18. The molecule has 9 nitrogen and oxygen atoms in total. The predicted octanol–water partition coefficient (Wildman–Crippen LogP) is 10.7. The molecule has 0 heterocycles. The summed E-state index contributed by atoms with van der Waals surface area (Å²) in [6.45, 7) is 3.43. The Morgan fingerprint density at radius 2 is 1.08 bits per heavy atom. The van der Waals surface area contributed by atoms with Gasteiger partial charge in [0.2, 0.25) is 0 Å². The molecule has 0 unspecified atom stereocenters. The van der Waals surface area contributed by atoms with Crippen molar-refractivity contribution in [1.82, 2.24) is 0 Å². The Morgan fingerprint density at radius 3 is 1.67 bits per heavy atom. The molecule has 0 saturated carbocycles. The molecule has 0 aromatic heterocycles. The number of ketones is 1. The molecular formula is C41H67O9P. The SMILES string of the molecule is CCCCC/C=C\C=C\C(=O)CCCCCCCC(=O)O[C@H](COC(=O)CCC/C=C\C/C=C\C/C=C\C/C=C\CCCCC)COP(=O)(O)O. The van der Waals surface area contributed by atoms with Crippen molar-refractivity contribution in [3.8, 4) is 0 Å². The summed E-state index contributed by atoms with van der Waals surface area (Å²) >= 11 is 0. The average Bonchev–Trinajstić information content (AvgIpc) is 3.09. The van der Waals surface area contributed by atoms with E-state index in [1.807, 2.05) is 12.2 Å². The number of unbranched alkanes of at least 4 members (excludes halogenated alkanes) is 11. The zero-order valence-electron chi connectivity index (χ0n) is 31.5. The van der Waals surface area contributed by atoms with Crippen molar-refractivity contribution in [2.75, 3.05) is 13.2 Å². The van der Waals surface area contributed by atoms with E-state index in [0.717, 1.165) is 57.8 Å². The summed E-state index contributed by atoms with van der Waals surface area (Å²) in [6, 6.07) is 0. The number of esters is 2. The highest BCUT2D eigenvalue weighted by molar-refractivity contribution is 7.46. The number of allylic oxidation sites excluding steroid dienone is 12. The molecule has 10 heteroatoms. The van der Waals surface area contributed by atoms with Gasteiger partial charge in [0.05, 0.1) is 6.61 Å². The van der Waals surface area contributed by atoms with Gasteiger partial charge in [0.1, 0.15) is 6.61 Å². The molecule has 0 bridgehead atoms. The second kappa shape index (κ2) is 35.6. The van der Waals surface area contributed by atoms with Gasteiger partial charge in [-0.3, -0.25) is 18.9 Å². The minimum Gasteiger partial charge on any atom is -0.462 e. The molecule has 0 radical (unpaired) electrons. The van der Waals surface area contributed by atoms with E-state index in [9.17, 15) is 18.9 Å². The van der Waals surface area contributed by atoms with Crippen LogP contribution in [0.1, 0.15) is 149 Å². The fourth-order valence-corrected chi connectivity index (χ4v) is 5.12. The Kier molecular flexibility index (Phi) is 33.6. The molecule has 0 fully saturated rings. The van der Waals surface area contributed by atoms with E-state index in [-0.39, 0.29) is 25.2 Å². The predicted molar refractivity (Wildman–Crippen MR) is 207 cm³/mol. The van der Waals surface area contributed by atoms with Gasteiger partial charge < -0.3 is 19.3 Å². The molecule has 0 saturated heterocycles. The lowest BCUT2D eigenvalue weighted by molar-refractivity contribution is -0.161. The Bertz CT molecular complexity index is 1110. The van der Waals surface area contributed by atoms with Crippen molar-refractivity contribution >= 4 is 25.5 Å². The van der Waals surface area contributed by atoms with E-state index in [2.05, 4.69) is 67.0 Å². The monoisotopic (exact) mass is 734 g/mol. The summed E-state index contributed by atoms with van der Waals surface area (Å²) in [5, 5.41) is 0. The summed E-state index contributed by atoms with van der Waals surface area (Å²) in [5.74, 6) is -0.947. The lowest BCUT2D eigenvalue weighted by atomic mass is 10.1. The summed E-state index contributed by atoms with van der Waals surface area (Å²) in [6.07, 6.45) is 41.6. The van der Waals surface area contributed by atoms with Gasteiger partial charge in [0.25, 0.3) is 0 Å². The van der Waals surface area contributed by atoms with Crippen LogP contribution in [0.25, 0.3) is 0 Å². The second-order valence-electron chi connectivity index (χ2n) is 12.6. The maximum Gasteiger partial charge on any atom is 0.469 e. The second-order valence-corrected chi connectivity index (χ2v) is 13.8. The van der Waals surface area contributed by atoms with Crippen LogP contribution in [-0.4, -0.2) is 46.8 Å². The fourth-order valence-electron chi connectivity index (χ4n) is 4.76. The highest BCUT2D eigenvalue weighted by Gasteiger charge is 2.22. The summed E-state index contributed by atoms with van der Waals surface area (Å²) in [7, 11) is -4.80. The van der Waals surface area contributed by atoms with Crippen LogP contribution in [0.4, 0.5) is 0 Å². The Balaban J connectivity index is 4.17. The number of rotatable bonds is 34. The molecule has 0 aliphatic heterocycles.